The third kappa shape index (κ3) is 2.88. The van der Waals surface area contributed by atoms with Gasteiger partial charge in [-0.05, 0) is 19.9 Å². The van der Waals surface area contributed by atoms with E-state index < -0.39 is 0 Å². The summed E-state index contributed by atoms with van der Waals surface area (Å²) in [6, 6.07) is 2.08. The van der Waals surface area contributed by atoms with Gasteiger partial charge in [-0.3, -0.25) is 0 Å². The van der Waals surface area contributed by atoms with Crippen molar-refractivity contribution in [3.05, 3.63) is 36.0 Å². The summed E-state index contributed by atoms with van der Waals surface area (Å²) < 4.78 is 0. The van der Waals surface area contributed by atoms with E-state index in [1.807, 2.05) is 13.8 Å². The minimum atomic E-state index is 0.708. The molecule has 0 aromatic heterocycles. The van der Waals surface area contributed by atoms with Crippen molar-refractivity contribution in [1.82, 2.24) is 0 Å². The first-order valence-electron chi connectivity index (χ1n) is 3.09. The molecule has 0 fully saturated rings. The molecular weight excluding hydrogens is 122 g/mol. The maximum absolute atomic E-state index is 8.53. The number of allylic oxidation sites excluding steroid dienone is 5. The second kappa shape index (κ2) is 4.58. The van der Waals surface area contributed by atoms with Crippen molar-refractivity contribution in [3.8, 4) is 6.07 Å². The Labute approximate surface area is 62.0 Å². The van der Waals surface area contributed by atoms with Gasteiger partial charge in [0.15, 0.2) is 0 Å². The van der Waals surface area contributed by atoms with E-state index in [2.05, 4.69) is 12.6 Å². The van der Waals surface area contributed by atoms with E-state index in [0.717, 1.165) is 5.57 Å². The normalized spacial score (nSPS) is 8.90. The minimum Gasteiger partial charge on any atom is -0.192 e. The molecule has 1 nitrogen and oxygen atoms in total. The molecule has 0 amide bonds. The Morgan fingerprint density at radius 1 is 1.50 bits per heavy atom. The molecule has 0 atom stereocenters. The Hall–Kier alpha value is -1.29. The third-order valence-corrected chi connectivity index (χ3v) is 1.06. The van der Waals surface area contributed by atoms with Gasteiger partial charge in [-0.1, -0.05) is 24.3 Å². The van der Waals surface area contributed by atoms with Gasteiger partial charge in [-0.15, -0.1) is 0 Å². The van der Waals surface area contributed by atoms with Gasteiger partial charge >= 0.3 is 0 Å². The molecule has 0 saturated heterocycles. The molecule has 0 heterocycles. The lowest BCUT2D eigenvalue weighted by Gasteiger charge is -1.89. The molecular formula is C9H11N. The van der Waals surface area contributed by atoms with Crippen LogP contribution in [0.4, 0.5) is 0 Å². The summed E-state index contributed by atoms with van der Waals surface area (Å²) in [6.45, 7) is 7.32. The number of hydrogen-bond donors (Lipinski definition) is 0. The number of hydrogen-bond acceptors (Lipinski definition) is 1. The van der Waals surface area contributed by atoms with Crippen molar-refractivity contribution >= 4 is 0 Å². The van der Waals surface area contributed by atoms with Crippen molar-refractivity contribution in [1.29, 1.82) is 5.26 Å². The quantitative estimate of drug-likeness (QED) is 0.419. The minimum absolute atomic E-state index is 0.708. The van der Waals surface area contributed by atoms with Gasteiger partial charge in [-0.25, -0.2) is 0 Å². The Morgan fingerprint density at radius 2 is 2.10 bits per heavy atom. The van der Waals surface area contributed by atoms with Crippen LogP contribution < -0.4 is 0 Å². The van der Waals surface area contributed by atoms with Crippen LogP contribution in [0, 0.1) is 11.3 Å². The van der Waals surface area contributed by atoms with E-state index in [1.165, 1.54) is 0 Å². The van der Waals surface area contributed by atoms with Crippen LogP contribution in [-0.2, 0) is 0 Å². The largest absolute Gasteiger partial charge is 0.192 e. The molecule has 0 N–H and O–H groups in total. The van der Waals surface area contributed by atoms with Crippen molar-refractivity contribution in [2.24, 2.45) is 0 Å². The molecule has 1 heteroatoms. The summed E-state index contributed by atoms with van der Waals surface area (Å²) in [5.41, 5.74) is 1.74. The number of nitrogens with zero attached hydrogens (tertiary/aromatic N) is 1. The van der Waals surface area contributed by atoms with E-state index in [4.69, 9.17) is 5.26 Å². The molecule has 0 radical (unpaired) electrons. The molecule has 0 aromatic carbocycles. The van der Waals surface area contributed by atoms with Crippen LogP contribution in [-0.4, -0.2) is 0 Å². The second-order valence-electron chi connectivity index (χ2n) is 2.12. The zero-order valence-electron chi connectivity index (χ0n) is 6.39. The van der Waals surface area contributed by atoms with Crippen molar-refractivity contribution < 1.29 is 0 Å². The zero-order chi connectivity index (χ0) is 7.98. The predicted molar refractivity (Wildman–Crippen MR) is 43.3 cm³/mol. The summed E-state index contributed by atoms with van der Waals surface area (Å²) in [5.74, 6) is 0. The van der Waals surface area contributed by atoms with E-state index >= 15 is 0 Å². The lowest BCUT2D eigenvalue weighted by molar-refractivity contribution is 1.33. The fourth-order valence-corrected chi connectivity index (χ4v) is 0.480. The summed E-state index contributed by atoms with van der Waals surface area (Å²) in [6.07, 6.45) is 5.16. The Bertz CT molecular complexity index is 209. The van der Waals surface area contributed by atoms with E-state index in [-0.39, 0.29) is 0 Å². The zero-order valence-corrected chi connectivity index (χ0v) is 6.39. The van der Waals surface area contributed by atoms with Gasteiger partial charge in [0.05, 0.1) is 11.6 Å². The fourth-order valence-electron chi connectivity index (χ4n) is 0.480. The molecule has 0 aliphatic rings. The maximum Gasteiger partial charge on any atom is 0.0990 e. The summed E-state index contributed by atoms with van der Waals surface area (Å²) in [5, 5.41) is 8.53. The smallest absolute Gasteiger partial charge is 0.0990 e. The van der Waals surface area contributed by atoms with Crippen LogP contribution in [0.15, 0.2) is 36.0 Å². The lowest BCUT2D eigenvalue weighted by atomic mass is 10.1. The Kier molecular flexibility index (Phi) is 3.99. The Balaban J connectivity index is 4.43. The average Bonchev–Trinajstić information content (AvgIpc) is 1.89. The van der Waals surface area contributed by atoms with Crippen LogP contribution >= 0.6 is 0 Å². The molecule has 0 aliphatic heterocycles. The molecule has 0 rings (SSSR count). The molecule has 0 aliphatic carbocycles. The SMILES string of the molecule is C=C/C=C\C(C#N)=C(C)C. The first-order chi connectivity index (χ1) is 4.72. The topological polar surface area (TPSA) is 23.8 Å². The van der Waals surface area contributed by atoms with Crippen molar-refractivity contribution in [2.75, 3.05) is 0 Å². The summed E-state index contributed by atoms with van der Waals surface area (Å²) in [7, 11) is 0. The lowest BCUT2D eigenvalue weighted by Crippen LogP contribution is -1.74. The molecule has 10 heavy (non-hydrogen) atoms. The first-order valence-corrected chi connectivity index (χ1v) is 3.09. The van der Waals surface area contributed by atoms with Gasteiger partial charge in [0.1, 0.15) is 0 Å². The van der Waals surface area contributed by atoms with Crippen LogP contribution in [0.1, 0.15) is 13.8 Å². The highest BCUT2D eigenvalue weighted by Gasteiger charge is 1.88. The molecule has 0 aromatic rings. The van der Waals surface area contributed by atoms with E-state index in [9.17, 15) is 0 Å². The maximum atomic E-state index is 8.53. The highest BCUT2D eigenvalue weighted by atomic mass is 14.2. The Morgan fingerprint density at radius 3 is 2.40 bits per heavy atom. The van der Waals surface area contributed by atoms with E-state index in [0.29, 0.717) is 5.57 Å². The van der Waals surface area contributed by atoms with Crippen molar-refractivity contribution in [3.63, 3.8) is 0 Å². The van der Waals surface area contributed by atoms with Gasteiger partial charge in [-0.2, -0.15) is 5.26 Å². The van der Waals surface area contributed by atoms with Crippen LogP contribution in [0.25, 0.3) is 0 Å². The standard InChI is InChI=1S/C9H11N/c1-4-5-6-9(7-10)8(2)3/h4-6H,1H2,2-3H3/b6-5-. The number of rotatable bonds is 2. The fraction of sp³-hybridized carbons (Fsp3) is 0.222. The predicted octanol–water partition coefficient (Wildman–Crippen LogP) is 2.59. The summed E-state index contributed by atoms with van der Waals surface area (Å²) in [4.78, 5) is 0. The molecule has 0 spiro atoms. The van der Waals surface area contributed by atoms with Crippen LogP contribution in [0.3, 0.4) is 0 Å². The highest BCUT2D eigenvalue weighted by molar-refractivity contribution is 5.37. The highest BCUT2D eigenvalue weighted by Crippen LogP contribution is 2.02. The molecule has 0 saturated carbocycles. The molecule has 0 bridgehead atoms. The average molecular weight is 133 g/mol. The molecule has 52 valence electrons. The van der Waals surface area contributed by atoms with Crippen LogP contribution in [0.2, 0.25) is 0 Å². The monoisotopic (exact) mass is 133 g/mol. The van der Waals surface area contributed by atoms with Crippen LogP contribution in [0.5, 0.6) is 0 Å². The van der Waals surface area contributed by atoms with E-state index in [1.54, 1.807) is 18.2 Å². The molecule has 0 unspecified atom stereocenters. The summed E-state index contributed by atoms with van der Waals surface area (Å²) >= 11 is 0. The van der Waals surface area contributed by atoms with Gasteiger partial charge in [0.25, 0.3) is 0 Å². The van der Waals surface area contributed by atoms with Crippen molar-refractivity contribution in [2.45, 2.75) is 13.8 Å². The van der Waals surface area contributed by atoms with Gasteiger partial charge in [0, 0.05) is 0 Å². The van der Waals surface area contributed by atoms with Gasteiger partial charge in [0.2, 0.25) is 0 Å². The third-order valence-electron chi connectivity index (χ3n) is 1.06. The van der Waals surface area contributed by atoms with Gasteiger partial charge < -0.3 is 0 Å². The number of nitriles is 1. The first kappa shape index (κ1) is 8.71. The second-order valence-corrected chi connectivity index (χ2v) is 2.12.